The normalized spacial score (nSPS) is 8.92. The van der Waals surface area contributed by atoms with Crippen LogP contribution in [0.4, 0.5) is 0 Å². The number of hydrogen-bond donors (Lipinski definition) is 0. The molecule has 0 aromatic heterocycles. The lowest BCUT2D eigenvalue weighted by Crippen LogP contribution is -2.14. The summed E-state index contributed by atoms with van der Waals surface area (Å²) in [7, 11) is 0. The van der Waals surface area contributed by atoms with E-state index in [1.807, 2.05) is 6.20 Å². The van der Waals surface area contributed by atoms with Gasteiger partial charge in [-0.15, -0.1) is 0 Å². The Labute approximate surface area is 79.6 Å². The fourth-order valence-electron chi connectivity index (χ4n) is 0.785. The van der Waals surface area contributed by atoms with Gasteiger partial charge in [0.25, 0.3) is 0 Å². The first-order chi connectivity index (χ1) is 6.28. The molecule has 3 nitrogen and oxygen atoms in total. The molecule has 0 atom stereocenters. The molecular formula is C10H13N3. The Balaban J connectivity index is 4.22. The second-order valence-corrected chi connectivity index (χ2v) is 2.31. The summed E-state index contributed by atoms with van der Waals surface area (Å²) in [5.41, 5.74) is 0. The van der Waals surface area contributed by atoms with Gasteiger partial charge in [-0.3, -0.25) is 0 Å². The first kappa shape index (κ1) is 11.3. The van der Waals surface area contributed by atoms with Crippen LogP contribution in [0.1, 0.15) is 13.8 Å². The largest absolute Gasteiger partial charge is 0.519 e. The van der Waals surface area contributed by atoms with Gasteiger partial charge in [0, 0.05) is 19.2 Å². The van der Waals surface area contributed by atoms with Crippen LogP contribution in [0, 0.1) is 13.1 Å². The SMILES string of the molecule is [C-]#[N+]C(=C/C=C/N(CC)CC)[N+]#[C-]. The van der Waals surface area contributed by atoms with Crippen molar-refractivity contribution in [3.63, 3.8) is 0 Å². The topological polar surface area (TPSA) is 12.0 Å². The lowest BCUT2D eigenvalue weighted by atomic mass is 10.5. The summed E-state index contributed by atoms with van der Waals surface area (Å²) in [6.07, 6.45) is 5.15. The summed E-state index contributed by atoms with van der Waals surface area (Å²) in [5, 5.41) is 0. The van der Waals surface area contributed by atoms with Gasteiger partial charge >= 0.3 is 5.82 Å². The minimum absolute atomic E-state index is 0.100. The summed E-state index contributed by atoms with van der Waals surface area (Å²) < 4.78 is 0. The molecule has 0 amide bonds. The number of nitrogens with zero attached hydrogens (tertiary/aromatic N) is 3. The Morgan fingerprint density at radius 1 is 1.23 bits per heavy atom. The fraction of sp³-hybridized carbons (Fsp3) is 0.400. The van der Waals surface area contributed by atoms with Gasteiger partial charge in [-0.2, -0.15) is 9.69 Å². The van der Waals surface area contributed by atoms with Crippen LogP contribution >= 0.6 is 0 Å². The van der Waals surface area contributed by atoms with Crippen LogP contribution in [0.25, 0.3) is 9.69 Å². The Kier molecular flexibility index (Phi) is 6.01. The van der Waals surface area contributed by atoms with Crippen LogP contribution in [0.15, 0.2) is 24.2 Å². The van der Waals surface area contributed by atoms with Crippen molar-refractivity contribution >= 4 is 0 Å². The van der Waals surface area contributed by atoms with Gasteiger partial charge in [0.1, 0.15) is 13.1 Å². The predicted octanol–water partition coefficient (Wildman–Crippen LogP) is 2.52. The van der Waals surface area contributed by atoms with Crippen LogP contribution in [0.3, 0.4) is 0 Å². The third kappa shape index (κ3) is 4.66. The van der Waals surface area contributed by atoms with Crippen LogP contribution in [-0.4, -0.2) is 18.0 Å². The maximum atomic E-state index is 6.63. The van der Waals surface area contributed by atoms with E-state index in [4.69, 9.17) is 13.1 Å². The van der Waals surface area contributed by atoms with E-state index in [1.54, 1.807) is 6.08 Å². The van der Waals surface area contributed by atoms with Crippen molar-refractivity contribution in [3.8, 4) is 0 Å². The van der Waals surface area contributed by atoms with E-state index < -0.39 is 0 Å². The zero-order valence-electron chi connectivity index (χ0n) is 7.99. The number of hydrogen-bond acceptors (Lipinski definition) is 1. The summed E-state index contributed by atoms with van der Waals surface area (Å²) in [4.78, 5) is 8.17. The summed E-state index contributed by atoms with van der Waals surface area (Å²) in [6.45, 7) is 19.3. The summed E-state index contributed by atoms with van der Waals surface area (Å²) in [6, 6.07) is 0. The second-order valence-electron chi connectivity index (χ2n) is 2.31. The van der Waals surface area contributed by atoms with Crippen LogP contribution < -0.4 is 0 Å². The highest BCUT2D eigenvalue weighted by atomic mass is 15.1. The summed E-state index contributed by atoms with van der Waals surface area (Å²) in [5.74, 6) is 0.100. The van der Waals surface area contributed by atoms with Gasteiger partial charge in [0.15, 0.2) is 0 Å². The molecular weight excluding hydrogens is 162 g/mol. The lowest BCUT2D eigenvalue weighted by Gasteiger charge is -2.13. The Hall–Kier alpha value is -1.74. The first-order valence-corrected chi connectivity index (χ1v) is 4.15. The summed E-state index contributed by atoms with van der Waals surface area (Å²) >= 11 is 0. The van der Waals surface area contributed by atoms with Crippen LogP contribution in [-0.2, 0) is 0 Å². The van der Waals surface area contributed by atoms with Crippen molar-refractivity contribution in [3.05, 3.63) is 47.0 Å². The number of allylic oxidation sites excluding steroid dienone is 2. The molecule has 0 aliphatic carbocycles. The molecule has 0 heterocycles. The molecule has 3 heteroatoms. The third-order valence-electron chi connectivity index (χ3n) is 1.58. The van der Waals surface area contributed by atoms with E-state index in [0.717, 1.165) is 13.1 Å². The van der Waals surface area contributed by atoms with E-state index in [9.17, 15) is 0 Å². The maximum Gasteiger partial charge on any atom is 0.519 e. The van der Waals surface area contributed by atoms with Crippen molar-refractivity contribution in [1.29, 1.82) is 0 Å². The van der Waals surface area contributed by atoms with E-state index in [1.165, 1.54) is 6.08 Å². The average molecular weight is 175 g/mol. The smallest absolute Gasteiger partial charge is 0.378 e. The molecule has 0 aliphatic rings. The molecule has 0 radical (unpaired) electrons. The van der Waals surface area contributed by atoms with E-state index in [2.05, 4.69) is 28.4 Å². The molecule has 0 unspecified atom stereocenters. The standard InChI is InChI=1S/C10H13N3/c1-5-13(6-2)9-7-8-10(11-3)12-4/h7-9H,5-6H2,1-2H3/b9-7+. The molecule has 0 bridgehead atoms. The Morgan fingerprint density at radius 2 is 1.77 bits per heavy atom. The van der Waals surface area contributed by atoms with E-state index in [-0.39, 0.29) is 5.82 Å². The third-order valence-corrected chi connectivity index (χ3v) is 1.58. The average Bonchev–Trinajstić information content (AvgIpc) is 2.19. The molecule has 0 saturated carbocycles. The zero-order chi connectivity index (χ0) is 10.1. The van der Waals surface area contributed by atoms with Gasteiger partial charge in [-0.25, -0.2) is 0 Å². The van der Waals surface area contributed by atoms with Gasteiger partial charge in [0.2, 0.25) is 0 Å². The van der Waals surface area contributed by atoms with Gasteiger partial charge in [0.05, 0.1) is 0 Å². The fourth-order valence-corrected chi connectivity index (χ4v) is 0.785. The molecule has 0 fully saturated rings. The maximum absolute atomic E-state index is 6.63. The lowest BCUT2D eigenvalue weighted by molar-refractivity contribution is 0.419. The van der Waals surface area contributed by atoms with Crippen molar-refractivity contribution in [1.82, 2.24) is 4.90 Å². The second kappa shape index (κ2) is 6.94. The van der Waals surface area contributed by atoms with Gasteiger partial charge in [-0.05, 0) is 26.1 Å². The zero-order valence-corrected chi connectivity index (χ0v) is 7.99. The molecule has 0 aromatic carbocycles. The highest BCUT2D eigenvalue weighted by Gasteiger charge is 1.96. The van der Waals surface area contributed by atoms with Gasteiger partial charge in [-0.1, -0.05) is 0 Å². The van der Waals surface area contributed by atoms with E-state index >= 15 is 0 Å². The Morgan fingerprint density at radius 3 is 2.15 bits per heavy atom. The molecule has 0 aromatic rings. The molecule has 0 N–H and O–H groups in total. The van der Waals surface area contributed by atoms with Crippen molar-refractivity contribution < 1.29 is 0 Å². The molecule has 0 rings (SSSR count). The molecule has 13 heavy (non-hydrogen) atoms. The van der Waals surface area contributed by atoms with Crippen molar-refractivity contribution in [2.45, 2.75) is 13.8 Å². The van der Waals surface area contributed by atoms with Crippen LogP contribution in [0.5, 0.6) is 0 Å². The van der Waals surface area contributed by atoms with Crippen molar-refractivity contribution in [2.75, 3.05) is 13.1 Å². The monoisotopic (exact) mass is 175 g/mol. The highest BCUT2D eigenvalue weighted by molar-refractivity contribution is 5.22. The molecule has 0 aliphatic heterocycles. The predicted molar refractivity (Wildman–Crippen MR) is 53.3 cm³/mol. The minimum atomic E-state index is 0.100. The van der Waals surface area contributed by atoms with Crippen LogP contribution in [0.2, 0.25) is 0 Å². The minimum Gasteiger partial charge on any atom is -0.378 e. The van der Waals surface area contributed by atoms with E-state index in [0.29, 0.717) is 0 Å². The Bertz CT molecular complexity index is 256. The molecule has 68 valence electrons. The molecule has 0 spiro atoms. The number of rotatable bonds is 4. The van der Waals surface area contributed by atoms with Crippen molar-refractivity contribution in [2.24, 2.45) is 0 Å². The highest BCUT2D eigenvalue weighted by Crippen LogP contribution is 1.98. The first-order valence-electron chi connectivity index (χ1n) is 4.15. The van der Waals surface area contributed by atoms with Gasteiger partial charge < -0.3 is 4.90 Å². The quantitative estimate of drug-likeness (QED) is 0.472. The molecule has 0 saturated heterocycles.